The summed E-state index contributed by atoms with van der Waals surface area (Å²) in [6, 6.07) is 11.5. The number of methoxy groups -OCH3 is 1. The Bertz CT molecular complexity index is 808. The van der Waals surface area contributed by atoms with Crippen molar-refractivity contribution in [1.29, 1.82) is 0 Å². The molecule has 0 bridgehead atoms. The zero-order valence-corrected chi connectivity index (χ0v) is 13.7. The molecule has 1 N–H and O–H groups in total. The zero-order valence-electron chi connectivity index (χ0n) is 13.7. The molecule has 0 spiro atoms. The standard InChI is InChI=1S/C18H18N2O5/c1-23-14-6-4-13(5-7-14)9-20(10-15-3-2-8-24-15)11-17-19-16(12-25-17)18(21)22/h2-8,12H,9-11H2,1H3,(H,21,22). The van der Waals surface area contributed by atoms with Gasteiger partial charge in [0.25, 0.3) is 0 Å². The number of hydrogen-bond acceptors (Lipinski definition) is 6. The number of hydrogen-bond donors (Lipinski definition) is 1. The molecule has 0 aliphatic carbocycles. The summed E-state index contributed by atoms with van der Waals surface area (Å²) in [6.45, 7) is 1.53. The van der Waals surface area contributed by atoms with Gasteiger partial charge in [-0.15, -0.1) is 0 Å². The van der Waals surface area contributed by atoms with Crippen molar-refractivity contribution in [2.75, 3.05) is 7.11 Å². The van der Waals surface area contributed by atoms with E-state index in [1.807, 2.05) is 36.4 Å². The van der Waals surface area contributed by atoms with Crippen LogP contribution in [-0.2, 0) is 19.6 Å². The van der Waals surface area contributed by atoms with Gasteiger partial charge in [-0.25, -0.2) is 9.78 Å². The van der Waals surface area contributed by atoms with Gasteiger partial charge in [0.05, 0.1) is 26.5 Å². The smallest absolute Gasteiger partial charge is 0.357 e. The summed E-state index contributed by atoms with van der Waals surface area (Å²) < 4.78 is 15.8. The van der Waals surface area contributed by atoms with Crippen LogP contribution in [0.5, 0.6) is 5.75 Å². The van der Waals surface area contributed by atoms with E-state index in [2.05, 4.69) is 9.88 Å². The average molecular weight is 342 g/mol. The number of rotatable bonds is 8. The summed E-state index contributed by atoms with van der Waals surface area (Å²) in [7, 11) is 1.63. The van der Waals surface area contributed by atoms with Crippen LogP contribution in [0.3, 0.4) is 0 Å². The third-order valence-electron chi connectivity index (χ3n) is 3.65. The van der Waals surface area contributed by atoms with Crippen LogP contribution in [0.2, 0.25) is 0 Å². The number of carboxylic acids is 1. The van der Waals surface area contributed by atoms with Crippen LogP contribution in [0.25, 0.3) is 0 Å². The minimum atomic E-state index is -1.11. The Morgan fingerprint density at radius 3 is 2.56 bits per heavy atom. The molecule has 2 aromatic heterocycles. The maximum atomic E-state index is 10.9. The molecule has 0 fully saturated rings. The molecule has 0 unspecified atom stereocenters. The van der Waals surface area contributed by atoms with Crippen molar-refractivity contribution in [3.05, 3.63) is 71.8 Å². The summed E-state index contributed by atoms with van der Waals surface area (Å²) in [5, 5.41) is 8.96. The third-order valence-corrected chi connectivity index (χ3v) is 3.65. The van der Waals surface area contributed by atoms with E-state index < -0.39 is 5.97 Å². The third kappa shape index (κ3) is 4.48. The number of oxazole rings is 1. The number of carboxylic acid groups (broad SMARTS) is 1. The lowest BCUT2D eigenvalue weighted by Gasteiger charge is -2.19. The van der Waals surface area contributed by atoms with Crippen molar-refractivity contribution < 1.29 is 23.5 Å². The molecule has 25 heavy (non-hydrogen) atoms. The van der Waals surface area contributed by atoms with Crippen LogP contribution < -0.4 is 4.74 Å². The SMILES string of the molecule is COc1ccc(CN(Cc2ccco2)Cc2nc(C(=O)O)co2)cc1. The highest BCUT2D eigenvalue weighted by Crippen LogP contribution is 2.17. The Morgan fingerprint density at radius 2 is 1.96 bits per heavy atom. The maximum Gasteiger partial charge on any atom is 0.357 e. The van der Waals surface area contributed by atoms with Gasteiger partial charge < -0.3 is 18.7 Å². The molecule has 7 heteroatoms. The fourth-order valence-electron chi connectivity index (χ4n) is 2.45. The zero-order chi connectivity index (χ0) is 17.6. The predicted molar refractivity (Wildman–Crippen MR) is 88.1 cm³/mol. The molecule has 7 nitrogen and oxygen atoms in total. The molecule has 0 atom stereocenters. The van der Waals surface area contributed by atoms with E-state index >= 15 is 0 Å². The number of furan rings is 1. The summed E-state index contributed by atoms with van der Waals surface area (Å²) in [5.74, 6) is 0.832. The van der Waals surface area contributed by atoms with Crippen LogP contribution in [0.4, 0.5) is 0 Å². The first-order valence-electron chi connectivity index (χ1n) is 7.69. The second-order valence-corrected chi connectivity index (χ2v) is 5.50. The van der Waals surface area contributed by atoms with Gasteiger partial charge in [0, 0.05) is 6.54 Å². The number of aromatic carboxylic acids is 1. The Labute approximate surface area is 144 Å². The van der Waals surface area contributed by atoms with Gasteiger partial charge in [0.1, 0.15) is 17.8 Å². The highest BCUT2D eigenvalue weighted by molar-refractivity contribution is 5.84. The molecule has 0 amide bonds. The lowest BCUT2D eigenvalue weighted by atomic mass is 10.2. The lowest BCUT2D eigenvalue weighted by Crippen LogP contribution is -2.22. The quantitative estimate of drug-likeness (QED) is 0.672. The molecular weight excluding hydrogens is 324 g/mol. The Kier molecular flexibility index (Phi) is 5.15. The summed E-state index contributed by atoms with van der Waals surface area (Å²) in [4.78, 5) is 17.0. The van der Waals surface area contributed by atoms with Crippen LogP contribution in [0.1, 0.15) is 27.7 Å². The molecular formula is C18H18N2O5. The summed E-state index contributed by atoms with van der Waals surface area (Å²) in [5.41, 5.74) is 0.981. The minimum Gasteiger partial charge on any atom is -0.497 e. The van der Waals surface area contributed by atoms with Crippen molar-refractivity contribution in [3.63, 3.8) is 0 Å². The summed E-state index contributed by atoms with van der Waals surface area (Å²) in [6.07, 6.45) is 2.77. The van der Waals surface area contributed by atoms with Crippen molar-refractivity contribution >= 4 is 5.97 Å². The van der Waals surface area contributed by atoms with Gasteiger partial charge in [-0.05, 0) is 29.8 Å². The molecule has 0 radical (unpaired) electrons. The second kappa shape index (κ2) is 7.67. The number of aromatic nitrogens is 1. The number of carbonyl (C=O) groups is 1. The maximum absolute atomic E-state index is 10.9. The summed E-state index contributed by atoms with van der Waals surface area (Å²) >= 11 is 0. The van der Waals surface area contributed by atoms with E-state index in [9.17, 15) is 4.79 Å². The fourth-order valence-corrected chi connectivity index (χ4v) is 2.45. The predicted octanol–water partition coefficient (Wildman–Crippen LogP) is 3.18. The van der Waals surface area contributed by atoms with Gasteiger partial charge in [-0.3, -0.25) is 4.90 Å². The normalized spacial score (nSPS) is 11.0. The minimum absolute atomic E-state index is 0.0996. The van der Waals surface area contributed by atoms with Gasteiger partial charge in [-0.1, -0.05) is 12.1 Å². The Hall–Kier alpha value is -3.06. The number of ether oxygens (including phenoxy) is 1. The first kappa shape index (κ1) is 16.8. The second-order valence-electron chi connectivity index (χ2n) is 5.50. The van der Waals surface area contributed by atoms with Gasteiger partial charge >= 0.3 is 5.97 Å². The monoisotopic (exact) mass is 342 g/mol. The van der Waals surface area contributed by atoms with E-state index in [1.54, 1.807) is 13.4 Å². The van der Waals surface area contributed by atoms with E-state index in [-0.39, 0.29) is 5.69 Å². The molecule has 0 saturated heterocycles. The Morgan fingerprint density at radius 1 is 1.16 bits per heavy atom. The lowest BCUT2D eigenvalue weighted by molar-refractivity contribution is 0.0690. The Balaban J connectivity index is 1.74. The van der Waals surface area contributed by atoms with Crippen molar-refractivity contribution in [3.8, 4) is 5.75 Å². The fraction of sp³-hybridized carbons (Fsp3) is 0.222. The molecule has 0 aliphatic rings. The number of benzene rings is 1. The molecule has 0 aliphatic heterocycles. The molecule has 1 aromatic carbocycles. The first-order valence-corrected chi connectivity index (χ1v) is 7.69. The molecule has 3 rings (SSSR count). The van der Waals surface area contributed by atoms with Crippen LogP contribution in [0.15, 0.2) is 57.8 Å². The molecule has 3 aromatic rings. The topological polar surface area (TPSA) is 88.9 Å². The number of nitrogens with zero attached hydrogens (tertiary/aromatic N) is 2. The van der Waals surface area contributed by atoms with E-state index in [0.29, 0.717) is 25.5 Å². The highest BCUT2D eigenvalue weighted by Gasteiger charge is 2.16. The van der Waals surface area contributed by atoms with Gasteiger partial charge in [-0.2, -0.15) is 0 Å². The van der Waals surface area contributed by atoms with Crippen molar-refractivity contribution in [2.24, 2.45) is 0 Å². The molecule has 0 saturated carbocycles. The van der Waals surface area contributed by atoms with Gasteiger partial charge in [0.2, 0.25) is 5.89 Å². The van der Waals surface area contributed by atoms with E-state index in [0.717, 1.165) is 23.3 Å². The van der Waals surface area contributed by atoms with Crippen LogP contribution >= 0.6 is 0 Å². The van der Waals surface area contributed by atoms with Gasteiger partial charge in [0.15, 0.2) is 5.69 Å². The molecule has 2 heterocycles. The average Bonchev–Trinajstić information content (AvgIpc) is 3.27. The molecule has 130 valence electrons. The first-order chi connectivity index (χ1) is 12.1. The van der Waals surface area contributed by atoms with Crippen LogP contribution in [-0.4, -0.2) is 28.1 Å². The van der Waals surface area contributed by atoms with Crippen molar-refractivity contribution in [1.82, 2.24) is 9.88 Å². The van der Waals surface area contributed by atoms with Crippen LogP contribution in [0, 0.1) is 0 Å². The van der Waals surface area contributed by atoms with Crippen molar-refractivity contribution in [2.45, 2.75) is 19.6 Å². The highest BCUT2D eigenvalue weighted by atomic mass is 16.5. The van der Waals surface area contributed by atoms with E-state index in [1.165, 1.54) is 0 Å². The van der Waals surface area contributed by atoms with E-state index in [4.69, 9.17) is 18.7 Å². The largest absolute Gasteiger partial charge is 0.497 e.